The van der Waals surface area contributed by atoms with Gasteiger partial charge in [-0.15, -0.1) is 0 Å². The van der Waals surface area contributed by atoms with Gasteiger partial charge in [0.15, 0.2) is 4.90 Å². The molecule has 0 unspecified atom stereocenters. The van der Waals surface area contributed by atoms with Crippen molar-refractivity contribution in [2.45, 2.75) is 11.4 Å². The molecule has 9 nitrogen and oxygen atoms in total. The summed E-state index contributed by atoms with van der Waals surface area (Å²) in [5, 5.41) is 11.9. The number of nitrogens with one attached hydrogen (secondary N) is 1. The van der Waals surface area contributed by atoms with Crippen molar-refractivity contribution in [1.29, 1.82) is 0 Å². The summed E-state index contributed by atoms with van der Waals surface area (Å²) in [5.41, 5.74) is -0.859. The molecule has 0 fully saturated rings. The first-order valence-electron chi connectivity index (χ1n) is 6.90. The maximum atomic E-state index is 12.2. The zero-order chi connectivity index (χ0) is 19.2. The fourth-order valence-electron chi connectivity index (χ4n) is 2.50. The highest BCUT2D eigenvalue weighted by atomic mass is 35.5. The Kier molecular flexibility index (Phi) is 4.53. The van der Waals surface area contributed by atoms with Crippen molar-refractivity contribution in [3.05, 3.63) is 66.5 Å². The topological polar surface area (TPSA) is 135 Å². The normalized spacial score (nSPS) is 11.8. The average Bonchev–Trinajstić information content (AvgIpc) is 2.83. The van der Waals surface area contributed by atoms with Crippen LogP contribution in [0.2, 0.25) is 10.0 Å². The summed E-state index contributed by atoms with van der Waals surface area (Å²) in [6, 6.07) is 6.39. The monoisotopic (exact) mass is 417 g/mol. The van der Waals surface area contributed by atoms with Gasteiger partial charge in [0.2, 0.25) is 0 Å². The zero-order valence-corrected chi connectivity index (χ0v) is 15.0. The maximum Gasteiger partial charge on any atom is 0.326 e. The van der Waals surface area contributed by atoms with Crippen molar-refractivity contribution < 1.29 is 17.9 Å². The predicted octanol–water partition coefficient (Wildman–Crippen LogP) is 2.84. The number of aromatic amines is 1. The van der Waals surface area contributed by atoms with Gasteiger partial charge in [-0.3, -0.25) is 19.2 Å². The first kappa shape index (κ1) is 18.4. The highest BCUT2D eigenvalue weighted by Crippen LogP contribution is 2.29. The van der Waals surface area contributed by atoms with Crippen LogP contribution in [0.4, 0.5) is 5.69 Å². The van der Waals surface area contributed by atoms with Gasteiger partial charge < -0.3 is 4.98 Å². The van der Waals surface area contributed by atoms with E-state index in [1.54, 1.807) is 12.1 Å². The van der Waals surface area contributed by atoms with Gasteiger partial charge in [-0.2, -0.15) is 8.42 Å². The van der Waals surface area contributed by atoms with Crippen LogP contribution in [0, 0.1) is 10.1 Å². The van der Waals surface area contributed by atoms with Crippen LogP contribution in [0.5, 0.6) is 0 Å². The van der Waals surface area contributed by atoms with Crippen molar-refractivity contribution in [2.75, 3.05) is 0 Å². The molecule has 0 aliphatic rings. The number of imidazole rings is 1. The Morgan fingerprint density at radius 2 is 1.92 bits per heavy atom. The molecule has 1 aromatic heterocycles. The molecule has 26 heavy (non-hydrogen) atoms. The number of hydrogen-bond acceptors (Lipinski definition) is 5. The number of hydrogen-bond donors (Lipinski definition) is 2. The van der Waals surface area contributed by atoms with Crippen LogP contribution in [-0.2, 0) is 16.7 Å². The summed E-state index contributed by atoms with van der Waals surface area (Å²) >= 11 is 11.9. The van der Waals surface area contributed by atoms with Crippen molar-refractivity contribution in [1.82, 2.24) is 9.55 Å². The van der Waals surface area contributed by atoms with Crippen LogP contribution in [0.25, 0.3) is 11.0 Å². The van der Waals surface area contributed by atoms with Crippen LogP contribution < -0.4 is 5.69 Å². The third kappa shape index (κ3) is 3.31. The molecule has 0 aliphatic heterocycles. The van der Waals surface area contributed by atoms with Gasteiger partial charge in [0.05, 0.1) is 22.5 Å². The summed E-state index contributed by atoms with van der Waals surface area (Å²) in [4.78, 5) is 23.9. The van der Waals surface area contributed by atoms with Gasteiger partial charge in [0, 0.05) is 16.1 Å². The molecule has 0 saturated carbocycles. The van der Waals surface area contributed by atoms with E-state index in [9.17, 15) is 27.9 Å². The lowest BCUT2D eigenvalue weighted by molar-refractivity contribution is -0.387. The SMILES string of the molecule is O=c1[nH]c2cc(S(=O)(=O)O)c([N+](=O)[O-])cc2n1Cc1ccc(Cl)cc1Cl. The second kappa shape index (κ2) is 6.40. The minimum Gasteiger partial charge on any atom is -0.305 e. The minimum atomic E-state index is -4.85. The summed E-state index contributed by atoms with van der Waals surface area (Å²) in [5.74, 6) is 0. The van der Waals surface area contributed by atoms with E-state index in [1.165, 1.54) is 6.07 Å². The van der Waals surface area contributed by atoms with E-state index in [4.69, 9.17) is 23.2 Å². The van der Waals surface area contributed by atoms with E-state index in [1.807, 2.05) is 0 Å². The van der Waals surface area contributed by atoms with E-state index in [0.29, 0.717) is 15.6 Å². The number of nitro groups is 1. The molecule has 3 aromatic rings. The Bertz CT molecular complexity index is 1220. The van der Waals surface area contributed by atoms with Gasteiger partial charge in [-0.25, -0.2) is 4.79 Å². The molecule has 0 aliphatic carbocycles. The van der Waals surface area contributed by atoms with Crippen molar-refractivity contribution in [2.24, 2.45) is 0 Å². The number of rotatable bonds is 4. The average molecular weight is 418 g/mol. The third-order valence-corrected chi connectivity index (χ3v) is 5.14. The molecule has 2 N–H and O–H groups in total. The minimum absolute atomic E-state index is 0.0123. The molecular weight excluding hydrogens is 409 g/mol. The molecule has 1 heterocycles. The van der Waals surface area contributed by atoms with E-state index in [0.717, 1.165) is 16.7 Å². The highest BCUT2D eigenvalue weighted by molar-refractivity contribution is 7.86. The molecule has 0 amide bonds. The van der Waals surface area contributed by atoms with Crippen molar-refractivity contribution in [3.8, 4) is 0 Å². The molecule has 0 atom stereocenters. The molecular formula is C14H9Cl2N3O6S. The van der Waals surface area contributed by atoms with Gasteiger partial charge in [0.25, 0.3) is 5.69 Å². The standard InChI is InChI=1S/C14H9Cl2N3O6S/c15-8-2-1-7(9(16)3-8)6-18-11-5-12(19(21)22)13(26(23,24)25)4-10(11)17-14(18)20/h1-5H,6H2,(H,17,20)(H,23,24,25). The van der Waals surface area contributed by atoms with Crippen LogP contribution in [-0.4, -0.2) is 27.4 Å². The van der Waals surface area contributed by atoms with E-state index >= 15 is 0 Å². The van der Waals surface area contributed by atoms with E-state index in [2.05, 4.69) is 4.98 Å². The number of fused-ring (bicyclic) bond motifs is 1. The number of aromatic nitrogens is 2. The van der Waals surface area contributed by atoms with E-state index < -0.39 is 31.3 Å². The van der Waals surface area contributed by atoms with Crippen molar-refractivity contribution >= 4 is 50.0 Å². The summed E-state index contributed by atoms with van der Waals surface area (Å²) < 4.78 is 33.1. The van der Waals surface area contributed by atoms with Gasteiger partial charge in [-0.1, -0.05) is 29.3 Å². The zero-order valence-electron chi connectivity index (χ0n) is 12.6. The highest BCUT2D eigenvalue weighted by Gasteiger charge is 2.26. The molecule has 136 valence electrons. The fraction of sp³-hybridized carbons (Fsp3) is 0.0714. The number of nitrogens with zero attached hydrogens (tertiary/aromatic N) is 2. The first-order chi connectivity index (χ1) is 12.1. The summed E-state index contributed by atoms with van der Waals surface area (Å²) in [7, 11) is -4.85. The Balaban J connectivity index is 2.24. The molecule has 2 aromatic carbocycles. The lowest BCUT2D eigenvalue weighted by Crippen LogP contribution is -2.17. The second-order valence-corrected chi connectivity index (χ2v) is 7.55. The number of benzene rings is 2. The number of H-pyrrole nitrogens is 1. The Labute approximate surface area is 155 Å². The van der Waals surface area contributed by atoms with Gasteiger partial charge >= 0.3 is 15.8 Å². The molecule has 0 saturated heterocycles. The predicted molar refractivity (Wildman–Crippen MR) is 94.6 cm³/mol. The number of halogens is 2. The molecule has 0 spiro atoms. The molecule has 0 bridgehead atoms. The molecule has 12 heteroatoms. The maximum absolute atomic E-state index is 12.2. The summed E-state index contributed by atoms with van der Waals surface area (Å²) in [6.07, 6.45) is 0. The van der Waals surface area contributed by atoms with Crippen LogP contribution in [0.1, 0.15) is 5.56 Å². The molecule has 3 rings (SSSR count). The smallest absolute Gasteiger partial charge is 0.305 e. The quantitative estimate of drug-likeness (QED) is 0.380. The van der Waals surface area contributed by atoms with Gasteiger partial charge in [0.1, 0.15) is 0 Å². The van der Waals surface area contributed by atoms with Crippen LogP contribution in [0.3, 0.4) is 0 Å². The fourth-order valence-corrected chi connectivity index (χ4v) is 3.63. The first-order valence-corrected chi connectivity index (χ1v) is 9.10. The van der Waals surface area contributed by atoms with E-state index in [-0.39, 0.29) is 17.6 Å². The Hall–Kier alpha value is -2.40. The Morgan fingerprint density at radius 3 is 2.50 bits per heavy atom. The van der Waals surface area contributed by atoms with Crippen molar-refractivity contribution in [3.63, 3.8) is 0 Å². The number of nitro benzene ring substituents is 1. The summed E-state index contributed by atoms with van der Waals surface area (Å²) in [6.45, 7) is -0.0305. The van der Waals surface area contributed by atoms with Gasteiger partial charge in [-0.05, 0) is 23.8 Å². The lowest BCUT2D eigenvalue weighted by Gasteiger charge is -2.07. The third-order valence-electron chi connectivity index (χ3n) is 3.67. The van der Waals surface area contributed by atoms with Crippen LogP contribution >= 0.6 is 23.2 Å². The second-order valence-electron chi connectivity index (χ2n) is 5.32. The lowest BCUT2D eigenvalue weighted by atomic mass is 10.2. The Morgan fingerprint density at radius 1 is 1.23 bits per heavy atom. The van der Waals surface area contributed by atoms with Crippen LogP contribution in [0.15, 0.2) is 40.0 Å². The largest absolute Gasteiger partial charge is 0.326 e. The molecule has 0 radical (unpaired) electrons.